The molecule has 0 spiro atoms. The zero-order chi connectivity index (χ0) is 30.9. The molecule has 0 aromatic heterocycles. The fraction of sp³-hybridized carbons (Fsp3) is 0.286. The maximum absolute atomic E-state index is 12.3. The minimum atomic E-state index is -3.44. The first-order valence-corrected chi connectivity index (χ1v) is 16.4. The standard InChI is InChI=1S/C35H37N3O5S/c1-3-44(39,40)37-34-11-6-12-35(26(34)2)38(23-29-8-4-7-28(19-29)21-36)22-27-13-15-31(16-14-27)43-33-10-5-9-32(20-33)42-25-30-17-18-41-24-30/h4-16,19-20,30,37H,3,17-18,22-25H2,1-2H3. The van der Waals surface area contributed by atoms with Crippen molar-refractivity contribution >= 4 is 21.4 Å². The van der Waals surface area contributed by atoms with Crippen LogP contribution >= 0.6 is 0 Å². The van der Waals surface area contributed by atoms with E-state index in [0.29, 0.717) is 48.4 Å². The largest absolute Gasteiger partial charge is 0.493 e. The van der Waals surface area contributed by atoms with Gasteiger partial charge >= 0.3 is 0 Å². The number of anilines is 2. The van der Waals surface area contributed by atoms with Crippen LogP contribution in [-0.2, 0) is 27.8 Å². The number of nitrogens with one attached hydrogen (secondary N) is 1. The zero-order valence-corrected chi connectivity index (χ0v) is 25.8. The molecule has 1 N–H and O–H groups in total. The zero-order valence-electron chi connectivity index (χ0n) is 25.0. The van der Waals surface area contributed by atoms with Gasteiger partial charge in [0.05, 0.1) is 36.3 Å². The summed E-state index contributed by atoms with van der Waals surface area (Å²) in [5, 5.41) is 9.43. The van der Waals surface area contributed by atoms with Gasteiger partial charge in [0.25, 0.3) is 0 Å². The topological polar surface area (TPSA) is 101 Å². The van der Waals surface area contributed by atoms with E-state index < -0.39 is 10.0 Å². The van der Waals surface area contributed by atoms with E-state index in [4.69, 9.17) is 14.2 Å². The predicted octanol–water partition coefficient (Wildman–Crippen LogP) is 7.04. The number of benzene rings is 4. The molecule has 5 rings (SSSR count). The first-order chi connectivity index (χ1) is 21.3. The number of hydrogen-bond acceptors (Lipinski definition) is 7. The van der Waals surface area contributed by atoms with E-state index in [9.17, 15) is 13.7 Å². The van der Waals surface area contributed by atoms with E-state index in [-0.39, 0.29) is 5.75 Å². The monoisotopic (exact) mass is 611 g/mol. The van der Waals surface area contributed by atoms with Crippen LogP contribution in [0.2, 0.25) is 0 Å². The van der Waals surface area contributed by atoms with Crippen molar-refractivity contribution in [3.05, 3.63) is 113 Å². The summed E-state index contributed by atoms with van der Waals surface area (Å²) in [4.78, 5) is 2.18. The van der Waals surface area contributed by atoms with Crippen LogP contribution in [-0.4, -0.2) is 34.0 Å². The Bertz CT molecular complexity index is 1710. The summed E-state index contributed by atoms with van der Waals surface area (Å²) in [5.74, 6) is 2.58. The fourth-order valence-electron chi connectivity index (χ4n) is 5.08. The predicted molar refractivity (Wildman–Crippen MR) is 173 cm³/mol. The molecule has 1 heterocycles. The molecule has 8 nitrogen and oxygen atoms in total. The Morgan fingerprint density at radius 2 is 1.68 bits per heavy atom. The van der Waals surface area contributed by atoms with Crippen LogP contribution in [0.5, 0.6) is 17.2 Å². The fourth-order valence-corrected chi connectivity index (χ4v) is 5.78. The van der Waals surface area contributed by atoms with Crippen molar-refractivity contribution in [1.29, 1.82) is 5.26 Å². The summed E-state index contributed by atoms with van der Waals surface area (Å²) >= 11 is 0. The Morgan fingerprint density at radius 3 is 2.43 bits per heavy atom. The van der Waals surface area contributed by atoms with Crippen molar-refractivity contribution in [2.24, 2.45) is 5.92 Å². The second-order valence-corrected chi connectivity index (χ2v) is 12.9. The average molecular weight is 612 g/mol. The van der Waals surface area contributed by atoms with Crippen LogP contribution in [0.1, 0.15) is 35.6 Å². The lowest BCUT2D eigenvalue weighted by molar-refractivity contribution is 0.167. The Kier molecular flexibility index (Phi) is 10.1. The van der Waals surface area contributed by atoms with Crippen molar-refractivity contribution < 1.29 is 22.6 Å². The van der Waals surface area contributed by atoms with Crippen molar-refractivity contribution in [3.8, 4) is 23.3 Å². The molecule has 0 aliphatic carbocycles. The molecule has 4 aromatic rings. The minimum Gasteiger partial charge on any atom is -0.493 e. The lowest BCUT2D eigenvalue weighted by atomic mass is 10.1. The molecule has 228 valence electrons. The summed E-state index contributed by atoms with van der Waals surface area (Å²) in [6, 6.07) is 30.9. The third-order valence-corrected chi connectivity index (χ3v) is 8.86. The van der Waals surface area contributed by atoms with Crippen LogP contribution in [0, 0.1) is 24.2 Å². The summed E-state index contributed by atoms with van der Waals surface area (Å²) < 4.78 is 44.9. The molecule has 1 aliphatic heterocycles. The molecule has 0 radical (unpaired) electrons. The highest BCUT2D eigenvalue weighted by Crippen LogP contribution is 2.31. The average Bonchev–Trinajstić information content (AvgIpc) is 3.56. The molecule has 1 saturated heterocycles. The van der Waals surface area contributed by atoms with Gasteiger partial charge in [-0.1, -0.05) is 36.4 Å². The Labute approximate surface area is 259 Å². The maximum atomic E-state index is 12.3. The number of ether oxygens (including phenoxy) is 3. The molecule has 4 aromatic carbocycles. The van der Waals surface area contributed by atoms with Gasteiger partial charge in [0.15, 0.2) is 0 Å². The third-order valence-electron chi connectivity index (χ3n) is 7.57. The van der Waals surface area contributed by atoms with Crippen LogP contribution in [0.25, 0.3) is 0 Å². The molecular weight excluding hydrogens is 574 g/mol. The molecular formula is C35H37N3O5S. The lowest BCUT2D eigenvalue weighted by Crippen LogP contribution is -2.24. The van der Waals surface area contributed by atoms with Crippen LogP contribution in [0.15, 0.2) is 91.0 Å². The molecule has 9 heteroatoms. The van der Waals surface area contributed by atoms with Gasteiger partial charge in [-0.25, -0.2) is 8.42 Å². The molecule has 1 atom stereocenters. The van der Waals surface area contributed by atoms with E-state index in [1.54, 1.807) is 19.1 Å². The van der Waals surface area contributed by atoms with Gasteiger partial charge in [0.2, 0.25) is 10.0 Å². The van der Waals surface area contributed by atoms with Crippen molar-refractivity contribution in [2.45, 2.75) is 33.4 Å². The Morgan fingerprint density at radius 1 is 0.932 bits per heavy atom. The van der Waals surface area contributed by atoms with Gasteiger partial charge in [-0.2, -0.15) is 5.26 Å². The number of hydrogen-bond donors (Lipinski definition) is 1. The number of rotatable bonds is 13. The molecule has 1 aliphatic rings. The van der Waals surface area contributed by atoms with E-state index in [1.165, 1.54) is 0 Å². The SMILES string of the molecule is CCS(=O)(=O)Nc1cccc(N(Cc2ccc(Oc3cccc(OCC4CCOC4)c3)cc2)Cc2cccc(C#N)c2)c1C. The first-order valence-electron chi connectivity index (χ1n) is 14.7. The number of nitriles is 1. The molecule has 0 saturated carbocycles. The van der Waals surface area contributed by atoms with Gasteiger partial charge in [0, 0.05) is 37.4 Å². The van der Waals surface area contributed by atoms with Crippen molar-refractivity contribution in [1.82, 2.24) is 0 Å². The van der Waals surface area contributed by atoms with E-state index in [1.807, 2.05) is 85.8 Å². The molecule has 44 heavy (non-hydrogen) atoms. The molecule has 1 unspecified atom stereocenters. The highest BCUT2D eigenvalue weighted by molar-refractivity contribution is 7.92. The van der Waals surface area contributed by atoms with Gasteiger partial charge in [-0.15, -0.1) is 0 Å². The lowest BCUT2D eigenvalue weighted by Gasteiger charge is -2.28. The maximum Gasteiger partial charge on any atom is 0.232 e. The Hall–Kier alpha value is -4.52. The minimum absolute atomic E-state index is 0.0109. The third kappa shape index (κ3) is 8.31. The summed E-state index contributed by atoms with van der Waals surface area (Å²) in [6.45, 7) is 6.77. The van der Waals surface area contributed by atoms with Gasteiger partial charge in [-0.05, 0) is 85.5 Å². The first kappa shape index (κ1) is 30.9. The summed E-state index contributed by atoms with van der Waals surface area (Å²) in [7, 11) is -3.44. The quantitative estimate of drug-likeness (QED) is 0.173. The number of nitrogens with zero attached hydrogens (tertiary/aromatic N) is 2. The van der Waals surface area contributed by atoms with E-state index in [2.05, 4.69) is 15.7 Å². The normalized spacial score (nSPS) is 14.5. The molecule has 0 amide bonds. The van der Waals surface area contributed by atoms with Gasteiger partial charge in [0.1, 0.15) is 17.2 Å². The number of sulfonamides is 1. The van der Waals surface area contributed by atoms with Crippen LogP contribution < -0.4 is 19.1 Å². The van der Waals surface area contributed by atoms with E-state index in [0.717, 1.165) is 47.8 Å². The van der Waals surface area contributed by atoms with Crippen molar-refractivity contribution in [3.63, 3.8) is 0 Å². The highest BCUT2D eigenvalue weighted by Gasteiger charge is 2.18. The van der Waals surface area contributed by atoms with Gasteiger partial charge in [-0.3, -0.25) is 4.72 Å². The Balaban J connectivity index is 1.33. The van der Waals surface area contributed by atoms with Crippen LogP contribution in [0.3, 0.4) is 0 Å². The van der Waals surface area contributed by atoms with Gasteiger partial charge < -0.3 is 19.1 Å². The second kappa shape index (κ2) is 14.3. The highest BCUT2D eigenvalue weighted by atomic mass is 32.2. The molecule has 0 bridgehead atoms. The molecule has 1 fully saturated rings. The van der Waals surface area contributed by atoms with Crippen molar-refractivity contribution in [2.75, 3.05) is 35.2 Å². The van der Waals surface area contributed by atoms with E-state index >= 15 is 0 Å². The smallest absolute Gasteiger partial charge is 0.232 e. The summed E-state index contributed by atoms with van der Waals surface area (Å²) in [6.07, 6.45) is 1.02. The summed E-state index contributed by atoms with van der Waals surface area (Å²) in [5.41, 5.74) is 4.88. The van der Waals surface area contributed by atoms with Crippen LogP contribution in [0.4, 0.5) is 11.4 Å². The second-order valence-electron chi connectivity index (χ2n) is 10.9.